The number of nitrogens with zero attached hydrogens (tertiary/aromatic N) is 1. The van der Waals surface area contributed by atoms with Gasteiger partial charge in [0.2, 0.25) is 0 Å². The predicted molar refractivity (Wildman–Crippen MR) is 120 cm³/mol. The predicted octanol–water partition coefficient (Wildman–Crippen LogP) is 4.09. The minimum absolute atomic E-state index is 0.0880. The molecule has 5 nitrogen and oxygen atoms in total. The van der Waals surface area contributed by atoms with Crippen LogP contribution < -0.4 is 15.5 Å². The Balaban J connectivity index is 1.83. The van der Waals surface area contributed by atoms with Crippen molar-refractivity contribution in [1.29, 1.82) is 0 Å². The summed E-state index contributed by atoms with van der Waals surface area (Å²) in [5.41, 5.74) is 5.75. The molecule has 0 aliphatic carbocycles. The number of hydrogen-bond donors (Lipinski definition) is 2. The normalized spacial score (nSPS) is 14.6. The summed E-state index contributed by atoms with van der Waals surface area (Å²) in [5.74, 6) is -0.227. The molecule has 0 saturated carbocycles. The summed E-state index contributed by atoms with van der Waals surface area (Å²) in [6, 6.07) is 25.2. The lowest BCUT2D eigenvalue weighted by Gasteiger charge is -2.30. The highest BCUT2D eigenvalue weighted by Crippen LogP contribution is 2.35. The Kier molecular flexibility index (Phi) is 5.35. The van der Waals surface area contributed by atoms with Crippen molar-refractivity contribution in [1.82, 2.24) is 5.32 Å². The third kappa shape index (κ3) is 3.70. The van der Waals surface area contributed by atoms with Gasteiger partial charge in [-0.3, -0.25) is 9.59 Å². The molecule has 0 radical (unpaired) electrons. The number of para-hydroxylation sites is 2. The van der Waals surface area contributed by atoms with Gasteiger partial charge in [-0.25, -0.2) is 0 Å². The van der Waals surface area contributed by atoms with E-state index in [0.29, 0.717) is 17.7 Å². The van der Waals surface area contributed by atoms with Gasteiger partial charge in [-0.1, -0.05) is 54.6 Å². The number of fused-ring (bicyclic) bond motifs is 1. The summed E-state index contributed by atoms with van der Waals surface area (Å²) in [7, 11) is 3.40. The van der Waals surface area contributed by atoms with E-state index >= 15 is 0 Å². The highest BCUT2D eigenvalue weighted by molar-refractivity contribution is 6.16. The van der Waals surface area contributed by atoms with Crippen molar-refractivity contribution < 1.29 is 9.59 Å². The Bertz CT molecular complexity index is 1120. The lowest BCUT2D eigenvalue weighted by atomic mass is 9.94. The van der Waals surface area contributed by atoms with Gasteiger partial charge in [-0.05, 0) is 41.0 Å². The molecule has 0 saturated heterocycles. The van der Waals surface area contributed by atoms with Crippen molar-refractivity contribution in [3.8, 4) is 0 Å². The molecule has 150 valence electrons. The van der Waals surface area contributed by atoms with Gasteiger partial charge in [0.15, 0.2) is 0 Å². The number of carbonyl (C=O) groups is 2. The van der Waals surface area contributed by atoms with Crippen LogP contribution in [0.1, 0.15) is 21.5 Å². The summed E-state index contributed by atoms with van der Waals surface area (Å²) in [4.78, 5) is 26.9. The zero-order chi connectivity index (χ0) is 21.1. The number of likely N-dealkylation sites (N-methyl/N-ethyl adjacent to an activating group) is 1. The molecular formula is C25H23N3O2. The molecule has 3 aromatic rings. The van der Waals surface area contributed by atoms with E-state index in [9.17, 15) is 9.59 Å². The topological polar surface area (TPSA) is 61.4 Å². The van der Waals surface area contributed by atoms with Gasteiger partial charge in [0.25, 0.3) is 11.8 Å². The maximum Gasteiger partial charge on any atom is 0.274 e. The van der Waals surface area contributed by atoms with Crippen LogP contribution in [0.25, 0.3) is 5.57 Å². The molecule has 2 N–H and O–H groups in total. The Labute approximate surface area is 176 Å². The summed E-state index contributed by atoms with van der Waals surface area (Å²) in [6.07, 6.45) is 0.588. The molecule has 0 aromatic heterocycles. The SMILES string of the molecule is CNC(=O)c1ccc(C(Cc2ccccc2)=C2Nc3ccccc3N(C)C2=O)cc1. The largest absolute Gasteiger partial charge is 0.355 e. The molecule has 4 rings (SSSR count). The molecular weight excluding hydrogens is 374 g/mol. The second-order valence-corrected chi connectivity index (χ2v) is 7.18. The van der Waals surface area contributed by atoms with Crippen LogP contribution in [0.4, 0.5) is 11.4 Å². The number of allylic oxidation sites excluding steroid dienone is 1. The standard InChI is InChI=1S/C25H23N3O2/c1-26-24(29)19-14-12-18(13-15-19)20(16-17-8-4-3-5-9-17)23-25(30)28(2)22-11-7-6-10-21(22)27-23/h3-15,27H,16H2,1-2H3,(H,26,29). The number of carbonyl (C=O) groups excluding carboxylic acids is 2. The molecule has 0 atom stereocenters. The van der Waals surface area contributed by atoms with Gasteiger partial charge in [0.1, 0.15) is 5.70 Å². The van der Waals surface area contributed by atoms with Crippen molar-refractivity contribution >= 4 is 28.8 Å². The molecule has 1 aliphatic heterocycles. The fraction of sp³-hybridized carbons (Fsp3) is 0.120. The smallest absolute Gasteiger partial charge is 0.274 e. The first-order valence-electron chi connectivity index (χ1n) is 9.82. The van der Waals surface area contributed by atoms with Crippen LogP contribution in [0.2, 0.25) is 0 Å². The number of rotatable bonds is 4. The van der Waals surface area contributed by atoms with E-state index in [1.165, 1.54) is 0 Å². The van der Waals surface area contributed by atoms with Gasteiger partial charge >= 0.3 is 0 Å². The second-order valence-electron chi connectivity index (χ2n) is 7.18. The van der Waals surface area contributed by atoms with E-state index < -0.39 is 0 Å². The van der Waals surface area contributed by atoms with E-state index in [0.717, 1.165) is 28.1 Å². The van der Waals surface area contributed by atoms with Crippen LogP contribution in [0.5, 0.6) is 0 Å². The van der Waals surface area contributed by atoms with Crippen molar-refractivity contribution in [2.75, 3.05) is 24.3 Å². The molecule has 0 spiro atoms. The molecule has 5 heteroatoms. The minimum Gasteiger partial charge on any atom is -0.355 e. The summed E-state index contributed by atoms with van der Waals surface area (Å²) >= 11 is 0. The molecule has 3 aromatic carbocycles. The van der Waals surface area contributed by atoms with Gasteiger partial charge in [0.05, 0.1) is 11.4 Å². The van der Waals surface area contributed by atoms with Gasteiger partial charge < -0.3 is 15.5 Å². The third-order valence-corrected chi connectivity index (χ3v) is 5.29. The zero-order valence-electron chi connectivity index (χ0n) is 17.0. The molecule has 0 unspecified atom stereocenters. The number of amides is 2. The average Bonchev–Trinajstić information content (AvgIpc) is 2.80. The lowest BCUT2D eigenvalue weighted by molar-refractivity contribution is -0.114. The van der Waals surface area contributed by atoms with Crippen LogP contribution in [-0.2, 0) is 11.2 Å². The number of nitrogens with one attached hydrogen (secondary N) is 2. The Morgan fingerprint density at radius 2 is 1.53 bits per heavy atom. The maximum absolute atomic E-state index is 13.3. The molecule has 1 heterocycles. The van der Waals surface area contributed by atoms with Crippen molar-refractivity contribution in [3.05, 3.63) is 101 Å². The molecule has 0 fully saturated rings. The van der Waals surface area contributed by atoms with Crippen LogP contribution in [0.15, 0.2) is 84.6 Å². The summed E-state index contributed by atoms with van der Waals surface area (Å²) in [5, 5.41) is 5.99. The van der Waals surface area contributed by atoms with E-state index in [1.807, 2.05) is 66.7 Å². The van der Waals surface area contributed by atoms with Gasteiger partial charge in [0, 0.05) is 26.1 Å². The van der Waals surface area contributed by atoms with Crippen LogP contribution in [0.3, 0.4) is 0 Å². The monoisotopic (exact) mass is 397 g/mol. The third-order valence-electron chi connectivity index (χ3n) is 5.29. The number of hydrogen-bond acceptors (Lipinski definition) is 3. The van der Waals surface area contributed by atoms with Crippen molar-refractivity contribution in [2.24, 2.45) is 0 Å². The van der Waals surface area contributed by atoms with Crippen molar-refractivity contribution in [3.63, 3.8) is 0 Å². The first-order chi connectivity index (χ1) is 14.6. The second kappa shape index (κ2) is 8.25. The first-order valence-corrected chi connectivity index (χ1v) is 9.82. The summed E-state index contributed by atoms with van der Waals surface area (Å²) < 4.78 is 0. The van der Waals surface area contributed by atoms with Crippen LogP contribution >= 0.6 is 0 Å². The van der Waals surface area contributed by atoms with E-state index in [2.05, 4.69) is 10.6 Å². The Morgan fingerprint density at radius 1 is 0.900 bits per heavy atom. The van der Waals surface area contributed by atoms with Crippen LogP contribution in [-0.4, -0.2) is 25.9 Å². The molecule has 1 aliphatic rings. The fourth-order valence-electron chi connectivity index (χ4n) is 3.64. The summed E-state index contributed by atoms with van der Waals surface area (Å²) in [6.45, 7) is 0. The van der Waals surface area contributed by atoms with E-state index in [4.69, 9.17) is 0 Å². The number of benzene rings is 3. The quantitative estimate of drug-likeness (QED) is 0.652. The highest BCUT2D eigenvalue weighted by atomic mass is 16.2. The van der Waals surface area contributed by atoms with Crippen molar-refractivity contribution in [2.45, 2.75) is 6.42 Å². The lowest BCUT2D eigenvalue weighted by Crippen LogP contribution is -2.36. The molecule has 30 heavy (non-hydrogen) atoms. The average molecular weight is 397 g/mol. The Hall–Kier alpha value is -3.86. The number of anilines is 2. The molecule has 2 amide bonds. The van der Waals surface area contributed by atoms with Gasteiger partial charge in [-0.2, -0.15) is 0 Å². The van der Waals surface area contributed by atoms with E-state index in [1.54, 1.807) is 31.1 Å². The first kappa shape index (κ1) is 19.5. The van der Waals surface area contributed by atoms with Crippen LogP contribution in [0, 0.1) is 0 Å². The van der Waals surface area contributed by atoms with E-state index in [-0.39, 0.29) is 11.8 Å². The maximum atomic E-state index is 13.3. The minimum atomic E-state index is -0.139. The Morgan fingerprint density at radius 3 is 2.23 bits per heavy atom. The highest BCUT2D eigenvalue weighted by Gasteiger charge is 2.28. The zero-order valence-corrected chi connectivity index (χ0v) is 17.0. The van der Waals surface area contributed by atoms with Gasteiger partial charge in [-0.15, -0.1) is 0 Å². The fourth-order valence-corrected chi connectivity index (χ4v) is 3.64. The molecule has 0 bridgehead atoms.